The van der Waals surface area contributed by atoms with E-state index in [1.165, 1.54) is 128 Å². The zero-order valence-corrected chi connectivity index (χ0v) is 35.7. The second kappa shape index (κ2) is 35.7. The predicted molar refractivity (Wildman–Crippen MR) is 215 cm³/mol. The molecule has 52 heavy (non-hydrogen) atoms. The molecule has 9 nitrogen and oxygen atoms in total. The summed E-state index contributed by atoms with van der Waals surface area (Å²) in [6, 6.07) is 0. The van der Waals surface area contributed by atoms with Crippen molar-refractivity contribution in [1.29, 1.82) is 0 Å². The summed E-state index contributed by atoms with van der Waals surface area (Å²) in [7, 11) is 1.49. The molecule has 0 radical (unpaired) electrons. The van der Waals surface area contributed by atoms with Crippen LogP contribution in [0, 0.1) is 0 Å². The van der Waals surface area contributed by atoms with Gasteiger partial charge < -0.3 is 18.9 Å². The van der Waals surface area contributed by atoms with Crippen LogP contribution in [-0.4, -0.2) is 74.9 Å². The number of likely N-dealkylation sites (N-methyl/N-ethyl adjacent to an activating group) is 1. The molecule has 0 spiro atoms. The lowest BCUT2D eigenvalue weighted by molar-refractivity contribution is -0.870. The molecule has 0 aromatic rings. The standard InChI is InChI=1S/C42H84NO8P/c1-6-8-10-12-13-14-15-16-17-18-19-20-21-22-23-24-25-26-27-28-29-31-33-35-42(45)51-40(38-48-41(44)34-32-30-11-9-7-2)39-50-52(46,47)49-37-36-43(3,4)5/h40H,6-39H2,1-5H3/p+1. The first-order chi connectivity index (χ1) is 25.0. The Balaban J connectivity index is 4.03. The number of rotatable bonds is 40. The van der Waals surface area contributed by atoms with Gasteiger partial charge in [-0.25, -0.2) is 4.57 Å². The molecule has 0 aromatic heterocycles. The van der Waals surface area contributed by atoms with Crippen LogP contribution in [0.4, 0.5) is 0 Å². The van der Waals surface area contributed by atoms with Crippen molar-refractivity contribution in [3.8, 4) is 0 Å². The van der Waals surface area contributed by atoms with Gasteiger partial charge in [0.25, 0.3) is 0 Å². The van der Waals surface area contributed by atoms with Crippen molar-refractivity contribution in [1.82, 2.24) is 0 Å². The number of carbonyl (C=O) groups is 2. The smallest absolute Gasteiger partial charge is 0.462 e. The first-order valence-electron chi connectivity index (χ1n) is 21.8. The number of quaternary nitrogens is 1. The summed E-state index contributed by atoms with van der Waals surface area (Å²) in [5.41, 5.74) is 0. The fraction of sp³-hybridized carbons (Fsp3) is 0.952. The third-order valence-corrected chi connectivity index (χ3v) is 10.6. The third kappa shape index (κ3) is 38.7. The Hall–Kier alpha value is -0.990. The number of nitrogens with zero attached hydrogens (tertiary/aromatic N) is 1. The zero-order chi connectivity index (χ0) is 38.6. The second-order valence-corrected chi connectivity index (χ2v) is 17.6. The average Bonchev–Trinajstić information content (AvgIpc) is 3.09. The van der Waals surface area contributed by atoms with Gasteiger partial charge >= 0.3 is 19.8 Å². The maximum atomic E-state index is 12.6. The van der Waals surface area contributed by atoms with Crippen molar-refractivity contribution >= 4 is 19.8 Å². The highest BCUT2D eigenvalue weighted by molar-refractivity contribution is 7.47. The number of hydrogen-bond donors (Lipinski definition) is 1. The summed E-state index contributed by atoms with van der Waals surface area (Å²) >= 11 is 0. The van der Waals surface area contributed by atoms with E-state index in [0.29, 0.717) is 11.0 Å². The lowest BCUT2D eigenvalue weighted by Crippen LogP contribution is -2.37. The normalized spacial score (nSPS) is 13.6. The second-order valence-electron chi connectivity index (χ2n) is 16.1. The quantitative estimate of drug-likeness (QED) is 0.0284. The van der Waals surface area contributed by atoms with Crippen molar-refractivity contribution in [2.75, 3.05) is 47.5 Å². The molecule has 2 atom stereocenters. The lowest BCUT2D eigenvalue weighted by Gasteiger charge is -2.24. The van der Waals surface area contributed by atoms with Crippen LogP contribution in [0.1, 0.15) is 206 Å². The molecule has 1 N–H and O–H groups in total. The van der Waals surface area contributed by atoms with Crippen LogP contribution in [-0.2, 0) is 32.7 Å². The third-order valence-electron chi connectivity index (χ3n) is 9.64. The number of hydrogen-bond acceptors (Lipinski definition) is 7. The highest BCUT2D eigenvalue weighted by Crippen LogP contribution is 2.43. The molecule has 0 aromatic carbocycles. The first kappa shape index (κ1) is 51.0. The summed E-state index contributed by atoms with van der Waals surface area (Å²) < 4.78 is 34.0. The van der Waals surface area contributed by atoms with Crippen LogP contribution in [0.3, 0.4) is 0 Å². The maximum Gasteiger partial charge on any atom is 0.472 e. The minimum atomic E-state index is -4.35. The Labute approximate surface area is 321 Å². The van der Waals surface area contributed by atoms with E-state index in [-0.39, 0.29) is 32.0 Å². The van der Waals surface area contributed by atoms with Gasteiger partial charge in [0.15, 0.2) is 6.10 Å². The summed E-state index contributed by atoms with van der Waals surface area (Å²) in [5.74, 6) is -0.801. The topological polar surface area (TPSA) is 108 Å². The molecule has 0 amide bonds. The minimum Gasteiger partial charge on any atom is -0.462 e. The Kier molecular flexibility index (Phi) is 35.0. The highest BCUT2D eigenvalue weighted by atomic mass is 31.2. The molecule has 0 saturated heterocycles. The number of carbonyl (C=O) groups excluding carboxylic acids is 2. The van der Waals surface area contributed by atoms with Crippen LogP contribution in [0.5, 0.6) is 0 Å². The summed E-state index contributed by atoms with van der Waals surface area (Å²) in [5, 5.41) is 0. The van der Waals surface area contributed by atoms with Gasteiger partial charge in [-0.3, -0.25) is 18.6 Å². The van der Waals surface area contributed by atoms with Crippen molar-refractivity contribution in [2.45, 2.75) is 213 Å². The van der Waals surface area contributed by atoms with Crippen molar-refractivity contribution in [2.24, 2.45) is 0 Å². The van der Waals surface area contributed by atoms with Crippen molar-refractivity contribution in [3.05, 3.63) is 0 Å². The lowest BCUT2D eigenvalue weighted by atomic mass is 10.0. The molecule has 0 heterocycles. The molecule has 10 heteroatoms. The molecule has 0 aliphatic carbocycles. The van der Waals surface area contributed by atoms with E-state index in [0.717, 1.165) is 51.4 Å². The van der Waals surface area contributed by atoms with Gasteiger partial charge in [0.2, 0.25) is 0 Å². The first-order valence-corrected chi connectivity index (χ1v) is 23.3. The van der Waals surface area contributed by atoms with Crippen LogP contribution in [0.15, 0.2) is 0 Å². The number of esters is 2. The van der Waals surface area contributed by atoms with Gasteiger partial charge in [-0.05, 0) is 12.8 Å². The highest BCUT2D eigenvalue weighted by Gasteiger charge is 2.27. The van der Waals surface area contributed by atoms with Crippen molar-refractivity contribution < 1.29 is 42.1 Å². The molecule has 310 valence electrons. The largest absolute Gasteiger partial charge is 0.472 e. The number of ether oxygens (including phenoxy) is 2. The molecule has 0 aliphatic heterocycles. The van der Waals surface area contributed by atoms with Crippen LogP contribution >= 0.6 is 7.82 Å². The molecule has 0 saturated carbocycles. The predicted octanol–water partition coefficient (Wildman–Crippen LogP) is 12.0. The van der Waals surface area contributed by atoms with E-state index in [4.69, 9.17) is 18.5 Å². The summed E-state index contributed by atoms with van der Waals surface area (Å²) in [4.78, 5) is 35.0. The maximum absolute atomic E-state index is 12.6. The van der Waals surface area contributed by atoms with E-state index in [1.54, 1.807) is 0 Å². The minimum absolute atomic E-state index is 0.0360. The molecule has 0 fully saturated rings. The van der Waals surface area contributed by atoms with Crippen LogP contribution in [0.2, 0.25) is 0 Å². The van der Waals surface area contributed by atoms with Gasteiger partial charge in [0.05, 0.1) is 27.7 Å². The molecule has 0 aliphatic rings. The Morgan fingerprint density at radius 1 is 0.519 bits per heavy atom. The van der Waals surface area contributed by atoms with E-state index < -0.39 is 26.5 Å². The van der Waals surface area contributed by atoms with E-state index >= 15 is 0 Å². The SMILES string of the molecule is CCCCCCCCCCCCCCCCCCCCCCCCCC(=O)OC(COC(=O)CCCCCCC)COP(=O)(O)OCC[N+](C)(C)C. The van der Waals surface area contributed by atoms with Gasteiger partial charge in [-0.1, -0.05) is 181 Å². The summed E-state index contributed by atoms with van der Waals surface area (Å²) in [6.07, 6.45) is 34.9. The molecule has 0 rings (SSSR count). The zero-order valence-electron chi connectivity index (χ0n) is 34.8. The van der Waals surface area contributed by atoms with Crippen LogP contribution < -0.4 is 0 Å². The van der Waals surface area contributed by atoms with Gasteiger partial charge in [0.1, 0.15) is 19.8 Å². The number of phosphoric acid groups is 1. The number of unbranched alkanes of at least 4 members (excludes halogenated alkanes) is 26. The fourth-order valence-corrected chi connectivity index (χ4v) is 6.93. The molecule has 2 unspecified atom stereocenters. The monoisotopic (exact) mass is 763 g/mol. The van der Waals surface area contributed by atoms with Gasteiger partial charge in [-0.15, -0.1) is 0 Å². The summed E-state index contributed by atoms with van der Waals surface area (Å²) in [6.45, 7) is 4.36. The van der Waals surface area contributed by atoms with Gasteiger partial charge in [-0.2, -0.15) is 0 Å². The Morgan fingerprint density at radius 3 is 1.23 bits per heavy atom. The Morgan fingerprint density at radius 2 is 0.865 bits per heavy atom. The number of phosphoric ester groups is 1. The van der Waals surface area contributed by atoms with E-state index in [9.17, 15) is 19.0 Å². The van der Waals surface area contributed by atoms with E-state index in [2.05, 4.69) is 13.8 Å². The van der Waals surface area contributed by atoms with Crippen molar-refractivity contribution in [3.63, 3.8) is 0 Å². The molecular weight excluding hydrogens is 677 g/mol. The molecular formula is C42H85NO8P+. The fourth-order valence-electron chi connectivity index (χ4n) is 6.19. The molecule has 0 bridgehead atoms. The Bertz CT molecular complexity index is 865. The average molecular weight is 763 g/mol. The van der Waals surface area contributed by atoms with Gasteiger partial charge in [0, 0.05) is 12.8 Å². The van der Waals surface area contributed by atoms with E-state index in [1.807, 2.05) is 21.1 Å². The van der Waals surface area contributed by atoms with Crippen LogP contribution in [0.25, 0.3) is 0 Å².